The van der Waals surface area contributed by atoms with Gasteiger partial charge in [0.1, 0.15) is 11.6 Å². The molecule has 0 saturated carbocycles. The Morgan fingerprint density at radius 3 is 2.84 bits per heavy atom. The lowest BCUT2D eigenvalue weighted by atomic mass is 10.1. The van der Waals surface area contributed by atoms with E-state index in [-0.39, 0.29) is 5.82 Å². The van der Waals surface area contributed by atoms with Crippen LogP contribution >= 0.6 is 23.1 Å². The monoisotopic (exact) mass is 375 g/mol. The first-order valence-electron chi connectivity index (χ1n) is 7.55. The van der Waals surface area contributed by atoms with Crippen molar-refractivity contribution in [2.24, 2.45) is 0 Å². The molecule has 1 aromatic heterocycles. The molecule has 3 aromatic rings. The lowest BCUT2D eigenvalue weighted by Gasteiger charge is -2.28. The number of rotatable bonds is 4. The lowest BCUT2D eigenvalue weighted by Crippen LogP contribution is -2.19. The Morgan fingerprint density at radius 2 is 2.08 bits per heavy atom. The van der Waals surface area contributed by atoms with Crippen molar-refractivity contribution in [1.29, 1.82) is 0 Å². The molecule has 0 spiro atoms. The van der Waals surface area contributed by atoms with E-state index in [9.17, 15) is 4.39 Å². The molecule has 0 aliphatic carbocycles. The van der Waals surface area contributed by atoms with Gasteiger partial charge in [0.15, 0.2) is 4.34 Å². The SMILES string of the molecule is Nc1nnc(SCc2cc(F)cc3c2O[C@H](c2ccccc2)OC3)s1. The highest BCUT2D eigenvalue weighted by molar-refractivity contribution is 8.00. The highest BCUT2D eigenvalue weighted by atomic mass is 32.2. The third-order valence-electron chi connectivity index (χ3n) is 3.67. The molecular formula is C17H14FN3O2S2. The van der Waals surface area contributed by atoms with Crippen LogP contribution in [0, 0.1) is 5.82 Å². The maximum absolute atomic E-state index is 13.9. The molecule has 0 bridgehead atoms. The van der Waals surface area contributed by atoms with Gasteiger partial charge in [0.2, 0.25) is 11.4 Å². The summed E-state index contributed by atoms with van der Waals surface area (Å²) in [5, 5.41) is 8.18. The Hall–Kier alpha value is -2.16. The minimum atomic E-state index is -0.500. The van der Waals surface area contributed by atoms with E-state index in [1.54, 1.807) is 0 Å². The van der Waals surface area contributed by atoms with Crippen molar-refractivity contribution < 1.29 is 13.9 Å². The molecule has 2 N–H and O–H groups in total. The standard InChI is InChI=1S/C17H14FN3O2S2/c18-13-6-11-8-22-15(10-4-2-1-3-5-10)23-14(11)12(7-13)9-24-17-21-20-16(19)25-17/h1-7,15H,8-9H2,(H2,19,20)/t15-/m1/s1. The van der Waals surface area contributed by atoms with Gasteiger partial charge in [-0.3, -0.25) is 0 Å². The number of nitrogens with two attached hydrogens (primary N) is 1. The van der Waals surface area contributed by atoms with Crippen LogP contribution in [0.3, 0.4) is 0 Å². The molecule has 2 aromatic carbocycles. The fourth-order valence-electron chi connectivity index (χ4n) is 2.58. The van der Waals surface area contributed by atoms with E-state index < -0.39 is 6.29 Å². The number of nitrogen functional groups attached to an aromatic ring is 1. The van der Waals surface area contributed by atoms with Gasteiger partial charge in [0.25, 0.3) is 0 Å². The number of anilines is 1. The summed E-state index contributed by atoms with van der Waals surface area (Å²) in [6.45, 7) is 0.302. The van der Waals surface area contributed by atoms with Crippen molar-refractivity contribution in [2.75, 3.05) is 5.73 Å². The molecule has 1 aliphatic rings. The molecule has 0 radical (unpaired) electrons. The van der Waals surface area contributed by atoms with Crippen molar-refractivity contribution >= 4 is 28.2 Å². The van der Waals surface area contributed by atoms with Crippen molar-refractivity contribution in [1.82, 2.24) is 10.2 Å². The summed E-state index contributed by atoms with van der Waals surface area (Å²) in [7, 11) is 0. The van der Waals surface area contributed by atoms with Gasteiger partial charge in [-0.15, -0.1) is 10.2 Å². The molecular weight excluding hydrogens is 361 g/mol. The van der Waals surface area contributed by atoms with Gasteiger partial charge in [0.05, 0.1) is 6.61 Å². The average Bonchev–Trinajstić information content (AvgIpc) is 3.05. The Morgan fingerprint density at radius 1 is 1.24 bits per heavy atom. The normalized spacial score (nSPS) is 16.3. The van der Waals surface area contributed by atoms with Crippen LogP contribution in [0.25, 0.3) is 0 Å². The van der Waals surface area contributed by atoms with Crippen molar-refractivity contribution in [2.45, 2.75) is 23.0 Å². The largest absolute Gasteiger partial charge is 0.460 e. The molecule has 8 heteroatoms. The van der Waals surface area contributed by atoms with Crippen LogP contribution in [0.1, 0.15) is 23.0 Å². The number of ether oxygens (including phenoxy) is 2. The van der Waals surface area contributed by atoms with Crippen LogP contribution in [0.15, 0.2) is 46.8 Å². The Bertz CT molecular complexity index is 889. The minimum absolute atomic E-state index is 0.302. The number of fused-ring (bicyclic) bond motifs is 1. The van der Waals surface area contributed by atoms with Crippen LogP contribution in [0.2, 0.25) is 0 Å². The second kappa shape index (κ2) is 6.99. The molecule has 0 unspecified atom stereocenters. The van der Waals surface area contributed by atoms with Gasteiger partial charge < -0.3 is 15.2 Å². The third-order valence-corrected chi connectivity index (χ3v) is 5.60. The number of nitrogens with zero attached hydrogens (tertiary/aromatic N) is 2. The highest BCUT2D eigenvalue weighted by Gasteiger charge is 2.25. The van der Waals surface area contributed by atoms with Gasteiger partial charge in [-0.1, -0.05) is 53.4 Å². The lowest BCUT2D eigenvalue weighted by molar-refractivity contribution is -0.112. The topological polar surface area (TPSA) is 70.3 Å². The van der Waals surface area contributed by atoms with Crippen molar-refractivity contribution in [3.8, 4) is 5.75 Å². The average molecular weight is 375 g/mol. The Kier molecular flexibility index (Phi) is 4.56. The Labute approximate surface area is 152 Å². The number of benzene rings is 2. The number of hydrogen-bond donors (Lipinski definition) is 1. The first-order valence-corrected chi connectivity index (χ1v) is 9.35. The summed E-state index contributed by atoms with van der Waals surface area (Å²) < 4.78 is 26.4. The summed E-state index contributed by atoms with van der Waals surface area (Å²) >= 11 is 2.76. The van der Waals surface area contributed by atoms with Crippen LogP contribution in [-0.2, 0) is 17.1 Å². The summed E-state index contributed by atoms with van der Waals surface area (Å²) in [6, 6.07) is 12.6. The molecule has 25 heavy (non-hydrogen) atoms. The first kappa shape index (κ1) is 16.3. The second-order valence-electron chi connectivity index (χ2n) is 5.42. The quantitative estimate of drug-likeness (QED) is 0.691. The van der Waals surface area contributed by atoms with Gasteiger partial charge in [-0.05, 0) is 12.1 Å². The van der Waals surface area contributed by atoms with E-state index in [1.165, 1.54) is 35.2 Å². The number of hydrogen-bond acceptors (Lipinski definition) is 7. The van der Waals surface area contributed by atoms with Gasteiger partial charge in [-0.2, -0.15) is 0 Å². The Balaban J connectivity index is 1.59. The van der Waals surface area contributed by atoms with Gasteiger partial charge >= 0.3 is 0 Å². The van der Waals surface area contributed by atoms with Crippen LogP contribution in [0.4, 0.5) is 9.52 Å². The van der Waals surface area contributed by atoms with Gasteiger partial charge in [0, 0.05) is 22.4 Å². The highest BCUT2D eigenvalue weighted by Crippen LogP contribution is 2.39. The van der Waals surface area contributed by atoms with E-state index in [2.05, 4.69) is 10.2 Å². The summed E-state index contributed by atoms with van der Waals surface area (Å²) in [6.07, 6.45) is -0.500. The number of thioether (sulfide) groups is 1. The van der Waals surface area contributed by atoms with E-state index in [4.69, 9.17) is 15.2 Å². The zero-order valence-corrected chi connectivity index (χ0v) is 14.6. The van der Waals surface area contributed by atoms with Gasteiger partial charge in [-0.25, -0.2) is 4.39 Å². The smallest absolute Gasteiger partial charge is 0.227 e. The first-order chi connectivity index (χ1) is 12.2. The van der Waals surface area contributed by atoms with E-state index in [1.807, 2.05) is 30.3 Å². The van der Waals surface area contributed by atoms with E-state index in [0.717, 1.165) is 15.5 Å². The maximum atomic E-state index is 13.9. The van der Waals surface area contributed by atoms with Crippen LogP contribution in [-0.4, -0.2) is 10.2 Å². The van der Waals surface area contributed by atoms with Crippen LogP contribution in [0.5, 0.6) is 5.75 Å². The van der Waals surface area contributed by atoms with Crippen molar-refractivity contribution in [3.05, 3.63) is 65.0 Å². The van der Waals surface area contributed by atoms with E-state index in [0.29, 0.717) is 28.8 Å². The molecule has 4 rings (SSSR count). The molecule has 5 nitrogen and oxygen atoms in total. The van der Waals surface area contributed by atoms with E-state index >= 15 is 0 Å². The maximum Gasteiger partial charge on any atom is 0.227 e. The third kappa shape index (κ3) is 3.60. The van der Waals surface area contributed by atoms with Crippen LogP contribution < -0.4 is 10.5 Å². The zero-order valence-electron chi connectivity index (χ0n) is 13.0. The molecule has 0 fully saturated rings. The number of halogens is 1. The fraction of sp³-hybridized carbons (Fsp3) is 0.176. The summed E-state index contributed by atoms with van der Waals surface area (Å²) in [4.78, 5) is 0. The second-order valence-corrected chi connectivity index (χ2v) is 7.65. The molecule has 128 valence electrons. The van der Waals surface area contributed by atoms with Crippen molar-refractivity contribution in [3.63, 3.8) is 0 Å². The molecule has 0 saturated heterocycles. The summed E-state index contributed by atoms with van der Waals surface area (Å²) in [5.74, 6) is 0.874. The molecule has 2 heterocycles. The molecule has 0 amide bonds. The predicted octanol–water partition coefficient (Wildman–Crippen LogP) is 4.16. The molecule has 1 aliphatic heterocycles. The zero-order chi connectivity index (χ0) is 17.2. The number of aromatic nitrogens is 2. The molecule has 1 atom stereocenters. The fourth-order valence-corrected chi connectivity index (χ4v) is 4.18. The minimum Gasteiger partial charge on any atom is -0.460 e. The predicted molar refractivity (Wildman–Crippen MR) is 94.9 cm³/mol. The summed E-state index contributed by atoms with van der Waals surface area (Å²) in [5.41, 5.74) is 7.99.